The van der Waals surface area contributed by atoms with E-state index in [0.29, 0.717) is 5.56 Å². The van der Waals surface area contributed by atoms with Crippen LogP contribution >= 0.6 is 0 Å². The summed E-state index contributed by atoms with van der Waals surface area (Å²) in [5.74, 6) is -0.0745. The maximum atomic E-state index is 11.3. The molecule has 0 saturated carbocycles. The fraction of sp³-hybridized carbons (Fsp3) is 0.500. The molecule has 1 saturated heterocycles. The van der Waals surface area contributed by atoms with E-state index in [9.17, 15) is 9.90 Å². The number of morpholine rings is 1. The van der Waals surface area contributed by atoms with Crippen molar-refractivity contribution in [3.05, 3.63) is 23.8 Å². The fourth-order valence-electron chi connectivity index (χ4n) is 2.40. The predicted octanol–water partition coefficient (Wildman–Crippen LogP) is 2.21. The van der Waals surface area contributed by atoms with Gasteiger partial charge in [-0.15, -0.1) is 0 Å². The second-order valence-electron chi connectivity index (χ2n) is 4.92. The molecule has 98 valence electrons. The molecule has 0 aromatic heterocycles. The molecule has 0 bridgehead atoms. The third-order valence-corrected chi connectivity index (χ3v) is 3.15. The van der Waals surface area contributed by atoms with Crippen molar-refractivity contribution in [2.45, 2.75) is 33.0 Å². The van der Waals surface area contributed by atoms with Crippen LogP contribution in [-0.2, 0) is 4.74 Å². The number of phenols is 1. The number of anilines is 1. The largest absolute Gasteiger partial charge is 0.507 e. The second-order valence-corrected chi connectivity index (χ2v) is 4.92. The van der Waals surface area contributed by atoms with Crippen molar-refractivity contribution in [3.8, 4) is 5.75 Å². The van der Waals surface area contributed by atoms with E-state index in [1.54, 1.807) is 12.1 Å². The maximum absolute atomic E-state index is 11.3. The number of ketones is 1. The lowest BCUT2D eigenvalue weighted by Crippen LogP contribution is -2.45. The molecule has 1 fully saturated rings. The van der Waals surface area contributed by atoms with Crippen LogP contribution < -0.4 is 4.90 Å². The van der Waals surface area contributed by atoms with Gasteiger partial charge in [-0.3, -0.25) is 4.79 Å². The smallest absolute Gasteiger partial charge is 0.163 e. The quantitative estimate of drug-likeness (QED) is 0.816. The normalized spacial score (nSPS) is 24.1. The zero-order valence-electron chi connectivity index (χ0n) is 11.0. The van der Waals surface area contributed by atoms with Gasteiger partial charge in [0.2, 0.25) is 0 Å². The van der Waals surface area contributed by atoms with Gasteiger partial charge in [0.05, 0.1) is 17.8 Å². The van der Waals surface area contributed by atoms with Crippen LogP contribution in [0.25, 0.3) is 0 Å². The SMILES string of the molecule is CC(=O)c1ccc(N2CC(C)OC(C)C2)cc1O. The van der Waals surface area contributed by atoms with Gasteiger partial charge in [-0.05, 0) is 32.9 Å². The number of phenolic OH excluding ortho intramolecular Hbond substituents is 1. The molecular weight excluding hydrogens is 230 g/mol. The van der Waals surface area contributed by atoms with Gasteiger partial charge in [0.25, 0.3) is 0 Å². The van der Waals surface area contributed by atoms with Gasteiger partial charge in [-0.1, -0.05) is 0 Å². The number of Topliss-reactive ketones (excluding diaryl/α,β-unsaturated/α-hetero) is 1. The molecule has 0 spiro atoms. The second kappa shape index (κ2) is 4.98. The molecule has 2 rings (SSSR count). The van der Waals surface area contributed by atoms with Gasteiger partial charge in [0.1, 0.15) is 5.75 Å². The van der Waals surface area contributed by atoms with Crippen LogP contribution in [0.1, 0.15) is 31.1 Å². The number of hydrogen-bond donors (Lipinski definition) is 1. The Morgan fingerprint density at radius 1 is 1.33 bits per heavy atom. The summed E-state index contributed by atoms with van der Waals surface area (Å²) in [6.45, 7) is 7.11. The average molecular weight is 249 g/mol. The first kappa shape index (κ1) is 12.9. The molecule has 0 aliphatic carbocycles. The summed E-state index contributed by atoms with van der Waals surface area (Å²) in [7, 11) is 0. The third-order valence-electron chi connectivity index (χ3n) is 3.15. The zero-order valence-corrected chi connectivity index (χ0v) is 11.0. The first-order valence-electron chi connectivity index (χ1n) is 6.21. The molecular formula is C14H19NO3. The van der Waals surface area contributed by atoms with Gasteiger partial charge >= 0.3 is 0 Å². The number of carbonyl (C=O) groups is 1. The molecule has 0 amide bonds. The Kier molecular flexibility index (Phi) is 3.57. The molecule has 18 heavy (non-hydrogen) atoms. The highest BCUT2D eigenvalue weighted by molar-refractivity contribution is 5.97. The number of benzene rings is 1. The number of nitrogens with zero attached hydrogens (tertiary/aromatic N) is 1. The standard InChI is InChI=1S/C14H19NO3/c1-9-7-15(8-10(2)18-9)12-4-5-13(11(3)16)14(17)6-12/h4-6,9-10,17H,7-8H2,1-3H3. The highest BCUT2D eigenvalue weighted by Crippen LogP contribution is 2.27. The topological polar surface area (TPSA) is 49.8 Å². The number of aromatic hydroxyl groups is 1. The molecule has 2 unspecified atom stereocenters. The molecule has 1 aromatic carbocycles. The van der Waals surface area contributed by atoms with Crippen molar-refractivity contribution < 1.29 is 14.6 Å². The van der Waals surface area contributed by atoms with Gasteiger partial charge in [-0.25, -0.2) is 0 Å². The molecule has 4 nitrogen and oxygen atoms in total. The van der Waals surface area contributed by atoms with E-state index >= 15 is 0 Å². The van der Waals surface area contributed by atoms with Crippen LogP contribution in [0.4, 0.5) is 5.69 Å². The Morgan fingerprint density at radius 2 is 1.94 bits per heavy atom. The van der Waals surface area contributed by atoms with Crippen molar-refractivity contribution >= 4 is 11.5 Å². The number of carbonyl (C=O) groups excluding carboxylic acids is 1. The molecule has 1 N–H and O–H groups in total. The van der Waals surface area contributed by atoms with E-state index in [1.165, 1.54) is 6.92 Å². The predicted molar refractivity (Wildman–Crippen MR) is 70.3 cm³/mol. The summed E-state index contributed by atoms with van der Waals surface area (Å²) in [4.78, 5) is 13.4. The summed E-state index contributed by atoms with van der Waals surface area (Å²) >= 11 is 0. The van der Waals surface area contributed by atoms with Gasteiger partial charge in [0.15, 0.2) is 5.78 Å². The van der Waals surface area contributed by atoms with Crippen LogP contribution in [-0.4, -0.2) is 36.2 Å². The molecule has 2 atom stereocenters. The van der Waals surface area contributed by atoms with Gasteiger partial charge in [0, 0.05) is 24.8 Å². The number of rotatable bonds is 2. The Hall–Kier alpha value is -1.55. The molecule has 4 heteroatoms. The summed E-state index contributed by atoms with van der Waals surface area (Å²) in [6.07, 6.45) is 0.340. The molecule has 0 radical (unpaired) electrons. The number of hydrogen-bond acceptors (Lipinski definition) is 4. The van der Waals surface area contributed by atoms with Crippen molar-refractivity contribution in [2.24, 2.45) is 0 Å². The van der Waals surface area contributed by atoms with Crippen LogP contribution in [0.15, 0.2) is 18.2 Å². The minimum atomic E-state index is -0.122. The van der Waals surface area contributed by atoms with Crippen molar-refractivity contribution in [1.82, 2.24) is 0 Å². The summed E-state index contributed by atoms with van der Waals surface area (Å²) < 4.78 is 5.67. The van der Waals surface area contributed by atoms with Crippen LogP contribution in [0.2, 0.25) is 0 Å². The molecule has 1 aliphatic rings. The Balaban J connectivity index is 2.23. The van der Waals surface area contributed by atoms with E-state index in [-0.39, 0.29) is 23.7 Å². The maximum Gasteiger partial charge on any atom is 0.163 e. The first-order chi connectivity index (χ1) is 8.47. The van der Waals surface area contributed by atoms with E-state index in [0.717, 1.165) is 18.8 Å². The van der Waals surface area contributed by atoms with Crippen molar-refractivity contribution in [3.63, 3.8) is 0 Å². The van der Waals surface area contributed by atoms with E-state index in [2.05, 4.69) is 4.90 Å². The zero-order chi connectivity index (χ0) is 13.3. The molecule has 1 aliphatic heterocycles. The summed E-state index contributed by atoms with van der Waals surface area (Å²) in [5.41, 5.74) is 1.30. The lowest BCUT2D eigenvalue weighted by atomic mass is 10.1. The van der Waals surface area contributed by atoms with Crippen molar-refractivity contribution in [1.29, 1.82) is 0 Å². The monoisotopic (exact) mass is 249 g/mol. The number of ether oxygens (including phenoxy) is 1. The molecule has 1 heterocycles. The van der Waals surface area contributed by atoms with Crippen LogP contribution in [0, 0.1) is 0 Å². The fourth-order valence-corrected chi connectivity index (χ4v) is 2.40. The Bertz CT molecular complexity index is 448. The summed E-state index contributed by atoms with van der Waals surface area (Å²) in [6, 6.07) is 5.21. The van der Waals surface area contributed by atoms with E-state index in [1.807, 2.05) is 19.9 Å². The van der Waals surface area contributed by atoms with Gasteiger partial charge in [-0.2, -0.15) is 0 Å². The van der Waals surface area contributed by atoms with E-state index < -0.39 is 0 Å². The van der Waals surface area contributed by atoms with Gasteiger partial charge < -0.3 is 14.7 Å². The minimum Gasteiger partial charge on any atom is -0.507 e. The lowest BCUT2D eigenvalue weighted by molar-refractivity contribution is -0.00523. The first-order valence-corrected chi connectivity index (χ1v) is 6.21. The van der Waals surface area contributed by atoms with Crippen molar-refractivity contribution in [2.75, 3.05) is 18.0 Å². The van der Waals surface area contributed by atoms with Crippen LogP contribution in [0.3, 0.4) is 0 Å². The Morgan fingerprint density at radius 3 is 2.44 bits per heavy atom. The van der Waals surface area contributed by atoms with E-state index in [4.69, 9.17) is 4.74 Å². The highest BCUT2D eigenvalue weighted by atomic mass is 16.5. The van der Waals surface area contributed by atoms with Crippen LogP contribution in [0.5, 0.6) is 5.75 Å². The lowest BCUT2D eigenvalue weighted by Gasteiger charge is -2.37. The average Bonchev–Trinajstić information content (AvgIpc) is 2.26. The third kappa shape index (κ3) is 2.64. The molecule has 1 aromatic rings. The Labute approximate surface area is 107 Å². The minimum absolute atomic E-state index is 0.0480. The summed E-state index contributed by atoms with van der Waals surface area (Å²) in [5, 5.41) is 9.85. The highest BCUT2D eigenvalue weighted by Gasteiger charge is 2.23.